The molecule has 3 N–H and O–H groups in total. The molecule has 1 aliphatic rings. The van der Waals surface area contributed by atoms with Crippen molar-refractivity contribution in [3.63, 3.8) is 0 Å². The molecule has 2 heterocycles. The van der Waals surface area contributed by atoms with Crippen LogP contribution in [-0.2, 0) is 11.3 Å². The van der Waals surface area contributed by atoms with E-state index in [0.717, 1.165) is 0 Å². The Bertz CT molecular complexity index is 866. The number of nitrogens with two attached hydrogens (primary N) is 1. The van der Waals surface area contributed by atoms with Crippen LogP contribution in [0.1, 0.15) is 34.2 Å². The highest BCUT2D eigenvalue weighted by atomic mass is 19.1. The number of nitrogens with one attached hydrogen (secondary N) is 1. The van der Waals surface area contributed by atoms with E-state index in [2.05, 4.69) is 15.6 Å². The van der Waals surface area contributed by atoms with Crippen LogP contribution in [0.5, 0.6) is 0 Å². The SMILES string of the molecule is CC(=O)Nc1ccc(C(=O)N2C[C@@H](F)C[C@H]2Cn2cc(C(N)=O)nn2)cc1. The van der Waals surface area contributed by atoms with Gasteiger partial charge in [0.2, 0.25) is 5.91 Å². The number of carbonyl (C=O) groups is 3. The highest BCUT2D eigenvalue weighted by Gasteiger charge is 2.36. The molecule has 1 aliphatic heterocycles. The van der Waals surface area contributed by atoms with Gasteiger partial charge in [-0.25, -0.2) is 9.07 Å². The number of nitrogens with zero attached hydrogens (tertiary/aromatic N) is 4. The van der Waals surface area contributed by atoms with Crippen molar-refractivity contribution in [3.8, 4) is 0 Å². The van der Waals surface area contributed by atoms with Crippen LogP contribution < -0.4 is 11.1 Å². The van der Waals surface area contributed by atoms with Crippen molar-refractivity contribution in [3.05, 3.63) is 41.7 Å². The van der Waals surface area contributed by atoms with Gasteiger partial charge in [0, 0.05) is 24.6 Å². The third-order valence-electron chi connectivity index (χ3n) is 4.27. The van der Waals surface area contributed by atoms with Crippen LogP contribution in [0.3, 0.4) is 0 Å². The van der Waals surface area contributed by atoms with Gasteiger partial charge in [-0.2, -0.15) is 0 Å². The highest BCUT2D eigenvalue weighted by molar-refractivity contribution is 5.96. The minimum Gasteiger partial charge on any atom is -0.364 e. The number of alkyl halides is 1. The molecule has 3 amide bonds. The Morgan fingerprint density at radius 3 is 2.59 bits per heavy atom. The smallest absolute Gasteiger partial charge is 0.270 e. The highest BCUT2D eigenvalue weighted by Crippen LogP contribution is 2.24. The third-order valence-corrected chi connectivity index (χ3v) is 4.27. The average molecular weight is 374 g/mol. The Balaban J connectivity index is 1.73. The lowest BCUT2D eigenvalue weighted by atomic mass is 10.1. The second kappa shape index (κ2) is 7.52. The molecule has 2 aromatic rings. The number of likely N-dealkylation sites (tertiary alicyclic amines) is 1. The molecule has 0 bridgehead atoms. The number of primary amides is 1. The molecule has 9 nitrogen and oxygen atoms in total. The second-order valence-electron chi connectivity index (χ2n) is 6.39. The molecular weight excluding hydrogens is 355 g/mol. The first-order valence-electron chi connectivity index (χ1n) is 8.36. The van der Waals surface area contributed by atoms with Crippen LogP contribution in [0.2, 0.25) is 0 Å². The zero-order valence-electron chi connectivity index (χ0n) is 14.6. The van der Waals surface area contributed by atoms with E-state index in [0.29, 0.717) is 11.3 Å². The molecule has 0 saturated carbocycles. The van der Waals surface area contributed by atoms with Crippen molar-refractivity contribution < 1.29 is 18.8 Å². The summed E-state index contributed by atoms with van der Waals surface area (Å²) in [7, 11) is 0. The van der Waals surface area contributed by atoms with Gasteiger partial charge in [-0.3, -0.25) is 14.4 Å². The molecule has 0 spiro atoms. The Morgan fingerprint density at radius 1 is 1.30 bits per heavy atom. The van der Waals surface area contributed by atoms with Crippen LogP contribution in [0.25, 0.3) is 0 Å². The van der Waals surface area contributed by atoms with Gasteiger partial charge in [0.25, 0.3) is 11.8 Å². The predicted octanol–water partition coefficient (Wildman–Crippen LogP) is 0.588. The molecule has 3 rings (SSSR count). The minimum atomic E-state index is -1.14. The van der Waals surface area contributed by atoms with E-state index >= 15 is 0 Å². The van der Waals surface area contributed by atoms with Crippen molar-refractivity contribution in [2.24, 2.45) is 5.73 Å². The molecule has 0 radical (unpaired) electrons. The summed E-state index contributed by atoms with van der Waals surface area (Å²) < 4.78 is 15.4. The van der Waals surface area contributed by atoms with E-state index in [1.54, 1.807) is 24.3 Å². The Hall–Kier alpha value is -3.30. The van der Waals surface area contributed by atoms with Crippen LogP contribution in [-0.4, -0.2) is 56.4 Å². The lowest BCUT2D eigenvalue weighted by Gasteiger charge is -2.24. The van der Waals surface area contributed by atoms with E-state index in [4.69, 9.17) is 5.73 Å². The van der Waals surface area contributed by atoms with Gasteiger partial charge in [-0.05, 0) is 24.3 Å². The van der Waals surface area contributed by atoms with Gasteiger partial charge < -0.3 is 16.0 Å². The molecule has 10 heteroatoms. The number of anilines is 1. The van der Waals surface area contributed by atoms with Crippen LogP contribution in [0.4, 0.5) is 10.1 Å². The fourth-order valence-electron chi connectivity index (χ4n) is 3.06. The predicted molar refractivity (Wildman–Crippen MR) is 93.6 cm³/mol. The van der Waals surface area contributed by atoms with Gasteiger partial charge in [-0.15, -0.1) is 5.10 Å². The fraction of sp³-hybridized carbons (Fsp3) is 0.353. The lowest BCUT2D eigenvalue weighted by Crippen LogP contribution is -2.38. The second-order valence-corrected chi connectivity index (χ2v) is 6.39. The Morgan fingerprint density at radius 2 is 2.00 bits per heavy atom. The summed E-state index contributed by atoms with van der Waals surface area (Å²) in [6.07, 6.45) is 0.400. The standard InChI is InChI=1S/C17H19FN6O3/c1-10(25)20-13-4-2-11(3-5-13)17(27)24-7-12(18)6-14(24)8-23-9-15(16(19)26)21-22-23/h2-5,9,12,14H,6-8H2,1H3,(H2,19,26)(H,20,25)/t12-,14-/m0/s1. The Kier molecular flexibility index (Phi) is 5.15. The van der Waals surface area contributed by atoms with Crippen molar-refractivity contribution in [1.29, 1.82) is 0 Å². The molecule has 1 aromatic heterocycles. The van der Waals surface area contributed by atoms with Crippen molar-refractivity contribution in [2.45, 2.75) is 32.1 Å². The number of aromatic nitrogens is 3. The largest absolute Gasteiger partial charge is 0.364 e. The summed E-state index contributed by atoms with van der Waals surface area (Å²) in [4.78, 5) is 36.4. The number of hydrogen-bond acceptors (Lipinski definition) is 5. The summed E-state index contributed by atoms with van der Waals surface area (Å²) in [6, 6.07) is 5.96. The van der Waals surface area contributed by atoms with E-state index in [-0.39, 0.29) is 37.0 Å². The Labute approximate surface area is 154 Å². The minimum absolute atomic E-state index is 0.0104. The average Bonchev–Trinajstić information content (AvgIpc) is 3.21. The first-order chi connectivity index (χ1) is 12.8. The first kappa shape index (κ1) is 18.5. The third kappa shape index (κ3) is 4.27. The summed E-state index contributed by atoms with van der Waals surface area (Å²) in [5.74, 6) is -1.23. The zero-order valence-corrected chi connectivity index (χ0v) is 14.6. The van der Waals surface area contributed by atoms with Gasteiger partial charge >= 0.3 is 0 Å². The maximum atomic E-state index is 14.0. The van der Waals surface area contributed by atoms with E-state index in [9.17, 15) is 18.8 Å². The number of amides is 3. The van der Waals surface area contributed by atoms with Crippen LogP contribution >= 0.6 is 0 Å². The van der Waals surface area contributed by atoms with Crippen LogP contribution in [0, 0.1) is 0 Å². The zero-order chi connectivity index (χ0) is 19.6. The van der Waals surface area contributed by atoms with Gasteiger partial charge in [0.1, 0.15) is 6.17 Å². The monoisotopic (exact) mass is 374 g/mol. The summed E-state index contributed by atoms with van der Waals surface area (Å²) in [5.41, 5.74) is 6.12. The van der Waals surface area contributed by atoms with Gasteiger partial charge in [-0.1, -0.05) is 5.21 Å². The molecule has 142 valence electrons. The molecule has 2 atom stereocenters. The van der Waals surface area contributed by atoms with Crippen LogP contribution in [0.15, 0.2) is 30.5 Å². The van der Waals surface area contributed by atoms with E-state index < -0.39 is 18.1 Å². The maximum Gasteiger partial charge on any atom is 0.270 e. The normalized spacial score (nSPS) is 19.1. The summed E-state index contributed by atoms with van der Waals surface area (Å²) >= 11 is 0. The van der Waals surface area contributed by atoms with Gasteiger partial charge in [0.05, 0.1) is 25.3 Å². The molecule has 1 saturated heterocycles. The molecule has 1 aromatic carbocycles. The fourth-order valence-corrected chi connectivity index (χ4v) is 3.06. The van der Waals surface area contributed by atoms with E-state index in [1.807, 2.05) is 0 Å². The number of carbonyl (C=O) groups excluding carboxylic acids is 3. The number of benzene rings is 1. The summed E-state index contributed by atoms with van der Waals surface area (Å²) in [5, 5.41) is 10.1. The molecule has 27 heavy (non-hydrogen) atoms. The van der Waals surface area contributed by atoms with Gasteiger partial charge in [0.15, 0.2) is 5.69 Å². The summed E-state index contributed by atoms with van der Waals surface area (Å²) in [6.45, 7) is 1.58. The van der Waals surface area contributed by atoms with Crippen molar-refractivity contribution >= 4 is 23.4 Å². The number of halogens is 1. The first-order valence-corrected chi connectivity index (χ1v) is 8.36. The van der Waals surface area contributed by atoms with Crippen molar-refractivity contribution in [2.75, 3.05) is 11.9 Å². The number of rotatable bonds is 5. The quantitative estimate of drug-likeness (QED) is 0.793. The van der Waals surface area contributed by atoms with Crippen molar-refractivity contribution in [1.82, 2.24) is 19.9 Å². The van der Waals surface area contributed by atoms with E-state index in [1.165, 1.54) is 22.7 Å². The maximum absolute atomic E-state index is 14.0. The number of hydrogen-bond donors (Lipinski definition) is 2. The topological polar surface area (TPSA) is 123 Å². The molecule has 0 unspecified atom stereocenters. The lowest BCUT2D eigenvalue weighted by molar-refractivity contribution is -0.114. The molecule has 0 aliphatic carbocycles. The molecule has 1 fully saturated rings. The molecular formula is C17H19FN6O3.